The number of carbonyl (C=O) groups is 1. The van der Waals surface area contributed by atoms with Crippen molar-refractivity contribution in [3.8, 4) is 11.4 Å². The van der Waals surface area contributed by atoms with Crippen LogP contribution in [0.3, 0.4) is 0 Å². The zero-order valence-corrected chi connectivity index (χ0v) is 19.4. The van der Waals surface area contributed by atoms with E-state index in [-0.39, 0.29) is 17.7 Å². The molecule has 0 saturated heterocycles. The van der Waals surface area contributed by atoms with Crippen LogP contribution in [0.2, 0.25) is 5.02 Å². The number of ether oxygens (including phenoxy) is 1. The fraction of sp³-hybridized carbons (Fsp3) is 0.318. The maximum Gasteiger partial charge on any atom is 0.230 e. The molecule has 1 N–H and O–H groups in total. The van der Waals surface area contributed by atoms with Crippen LogP contribution in [0, 0.1) is 0 Å². The molecular formula is C22H26ClN5O2S. The first-order chi connectivity index (χ1) is 15.0. The number of nitrogens with zero attached hydrogens (tertiary/aromatic N) is 4. The topological polar surface area (TPSA) is 72.3 Å². The molecule has 2 aromatic carbocycles. The van der Waals surface area contributed by atoms with Crippen LogP contribution in [-0.2, 0) is 4.79 Å². The third-order valence-electron chi connectivity index (χ3n) is 4.66. The van der Waals surface area contributed by atoms with Gasteiger partial charge in [0, 0.05) is 10.7 Å². The largest absolute Gasteiger partial charge is 0.492 e. The Labute approximate surface area is 191 Å². The number of amides is 1. The van der Waals surface area contributed by atoms with Gasteiger partial charge in [-0.2, -0.15) is 0 Å². The summed E-state index contributed by atoms with van der Waals surface area (Å²) < 4.78 is 7.56. The van der Waals surface area contributed by atoms with E-state index in [0.29, 0.717) is 23.3 Å². The molecular weight excluding hydrogens is 434 g/mol. The minimum absolute atomic E-state index is 0.0430. The van der Waals surface area contributed by atoms with Crippen molar-refractivity contribution < 1.29 is 9.53 Å². The van der Waals surface area contributed by atoms with Gasteiger partial charge >= 0.3 is 0 Å². The number of hydrogen-bond donors (Lipinski definition) is 1. The number of benzene rings is 2. The first-order valence-electron chi connectivity index (χ1n) is 9.90. The van der Waals surface area contributed by atoms with Crippen LogP contribution in [0.5, 0.6) is 5.75 Å². The second kappa shape index (κ2) is 11.2. The van der Waals surface area contributed by atoms with Crippen LogP contribution in [0.15, 0.2) is 59.8 Å². The first-order valence-corrected chi connectivity index (χ1v) is 11.3. The van der Waals surface area contributed by atoms with Gasteiger partial charge in [0.05, 0.1) is 18.3 Å². The molecule has 0 aliphatic rings. The van der Waals surface area contributed by atoms with Gasteiger partial charge in [0.2, 0.25) is 5.91 Å². The van der Waals surface area contributed by atoms with Gasteiger partial charge in [-0.3, -0.25) is 14.3 Å². The van der Waals surface area contributed by atoms with E-state index < -0.39 is 0 Å². The van der Waals surface area contributed by atoms with Gasteiger partial charge in [-0.05, 0) is 57.4 Å². The predicted octanol–water partition coefficient (Wildman–Crippen LogP) is 3.83. The molecule has 0 saturated carbocycles. The van der Waals surface area contributed by atoms with E-state index in [2.05, 4.69) is 27.3 Å². The van der Waals surface area contributed by atoms with E-state index in [4.69, 9.17) is 16.3 Å². The monoisotopic (exact) mass is 459 g/mol. The van der Waals surface area contributed by atoms with E-state index in [1.807, 2.05) is 73.3 Å². The molecule has 3 rings (SSSR count). The van der Waals surface area contributed by atoms with E-state index in [1.54, 1.807) is 0 Å². The number of hydrogen-bond acceptors (Lipinski definition) is 6. The normalized spacial score (nSPS) is 12.0. The number of aromatic nitrogens is 3. The molecule has 0 radical (unpaired) electrons. The third kappa shape index (κ3) is 6.46. The second-order valence-corrected chi connectivity index (χ2v) is 8.47. The Hall–Kier alpha value is -2.55. The van der Waals surface area contributed by atoms with Crippen LogP contribution in [0.4, 0.5) is 0 Å². The van der Waals surface area contributed by atoms with E-state index >= 15 is 0 Å². The van der Waals surface area contributed by atoms with Crippen molar-refractivity contribution in [3.63, 3.8) is 0 Å². The number of halogens is 1. The lowest BCUT2D eigenvalue weighted by Gasteiger charge is -2.20. The zero-order valence-electron chi connectivity index (χ0n) is 17.8. The quantitative estimate of drug-likeness (QED) is 0.367. The lowest BCUT2D eigenvalue weighted by molar-refractivity contribution is -0.118. The van der Waals surface area contributed by atoms with Gasteiger partial charge in [0.25, 0.3) is 0 Å². The average Bonchev–Trinajstić information content (AvgIpc) is 3.19. The van der Waals surface area contributed by atoms with Crippen molar-refractivity contribution in [1.29, 1.82) is 0 Å². The van der Waals surface area contributed by atoms with Gasteiger partial charge in [-0.15, -0.1) is 10.2 Å². The summed E-state index contributed by atoms with van der Waals surface area (Å²) in [5.74, 6) is 1.72. The fourth-order valence-corrected chi connectivity index (χ4v) is 3.68. The SMILES string of the molecule is CC(c1nnc(SCC(=O)NCCOc2ccccc2)n1-c1ccc(Cl)cc1)N(C)C. The Morgan fingerprint density at radius 3 is 2.55 bits per heavy atom. The molecule has 3 aromatic rings. The zero-order chi connectivity index (χ0) is 22.2. The summed E-state index contributed by atoms with van der Waals surface area (Å²) in [6.07, 6.45) is 0. The molecule has 1 atom stereocenters. The molecule has 0 spiro atoms. The highest BCUT2D eigenvalue weighted by atomic mass is 35.5. The molecule has 0 aliphatic heterocycles. The number of thioether (sulfide) groups is 1. The van der Waals surface area contributed by atoms with Crippen molar-refractivity contribution in [2.24, 2.45) is 0 Å². The molecule has 0 bridgehead atoms. The highest BCUT2D eigenvalue weighted by Gasteiger charge is 2.21. The van der Waals surface area contributed by atoms with Crippen molar-refractivity contribution >= 4 is 29.3 Å². The molecule has 1 unspecified atom stereocenters. The van der Waals surface area contributed by atoms with Gasteiger partial charge < -0.3 is 10.1 Å². The number of para-hydroxylation sites is 1. The number of rotatable bonds is 10. The molecule has 7 nitrogen and oxygen atoms in total. The Morgan fingerprint density at radius 2 is 1.87 bits per heavy atom. The van der Waals surface area contributed by atoms with Gasteiger partial charge in [-0.25, -0.2) is 0 Å². The smallest absolute Gasteiger partial charge is 0.230 e. The van der Waals surface area contributed by atoms with Crippen LogP contribution < -0.4 is 10.1 Å². The summed E-state index contributed by atoms with van der Waals surface area (Å²) in [7, 11) is 3.98. The average molecular weight is 460 g/mol. The molecule has 9 heteroatoms. The standard InChI is InChI=1S/C22H26ClN5O2S/c1-16(27(2)3)21-25-26-22(28(21)18-11-9-17(23)10-12-18)31-15-20(29)24-13-14-30-19-7-5-4-6-8-19/h4-12,16H,13-15H2,1-3H3,(H,24,29). The molecule has 1 amide bonds. The second-order valence-electron chi connectivity index (χ2n) is 7.09. The summed E-state index contributed by atoms with van der Waals surface area (Å²) in [6, 6.07) is 17.1. The van der Waals surface area contributed by atoms with Crippen LogP contribution in [0.1, 0.15) is 18.8 Å². The van der Waals surface area contributed by atoms with Crippen molar-refractivity contribution in [3.05, 3.63) is 65.4 Å². The van der Waals surface area contributed by atoms with Crippen molar-refractivity contribution in [1.82, 2.24) is 25.0 Å². The predicted molar refractivity (Wildman–Crippen MR) is 124 cm³/mol. The van der Waals surface area contributed by atoms with E-state index in [9.17, 15) is 4.79 Å². The maximum atomic E-state index is 12.3. The lowest BCUT2D eigenvalue weighted by atomic mass is 10.2. The number of nitrogens with one attached hydrogen (secondary N) is 1. The van der Waals surface area contributed by atoms with Crippen LogP contribution in [-0.4, -0.2) is 58.6 Å². The van der Waals surface area contributed by atoms with Gasteiger partial charge in [0.1, 0.15) is 12.4 Å². The van der Waals surface area contributed by atoms with Crippen molar-refractivity contribution in [2.75, 3.05) is 33.0 Å². The number of carbonyl (C=O) groups excluding carboxylic acids is 1. The Balaban J connectivity index is 1.61. The molecule has 0 aliphatic carbocycles. The molecule has 1 heterocycles. The summed E-state index contributed by atoms with van der Waals surface area (Å²) in [6.45, 7) is 2.90. The molecule has 164 valence electrons. The minimum Gasteiger partial charge on any atom is -0.492 e. The van der Waals surface area contributed by atoms with E-state index in [1.165, 1.54) is 11.8 Å². The lowest BCUT2D eigenvalue weighted by Crippen LogP contribution is -2.29. The molecule has 0 fully saturated rings. The molecule has 31 heavy (non-hydrogen) atoms. The first kappa shape index (κ1) is 23.1. The van der Waals surface area contributed by atoms with Gasteiger partial charge in [0.15, 0.2) is 11.0 Å². The highest BCUT2D eigenvalue weighted by Crippen LogP contribution is 2.27. The summed E-state index contributed by atoms with van der Waals surface area (Å²) in [5, 5.41) is 12.9. The minimum atomic E-state index is -0.0884. The Bertz CT molecular complexity index is 979. The van der Waals surface area contributed by atoms with Gasteiger partial charge in [-0.1, -0.05) is 41.6 Å². The third-order valence-corrected chi connectivity index (χ3v) is 5.84. The van der Waals surface area contributed by atoms with Crippen LogP contribution >= 0.6 is 23.4 Å². The van der Waals surface area contributed by atoms with E-state index in [0.717, 1.165) is 17.3 Å². The maximum absolute atomic E-state index is 12.3. The fourth-order valence-electron chi connectivity index (χ4n) is 2.77. The summed E-state index contributed by atoms with van der Waals surface area (Å²) >= 11 is 7.39. The molecule has 1 aromatic heterocycles. The van der Waals surface area contributed by atoms with Crippen LogP contribution in [0.25, 0.3) is 5.69 Å². The summed E-state index contributed by atoms with van der Waals surface area (Å²) in [4.78, 5) is 14.4. The van der Waals surface area contributed by atoms with Crippen molar-refractivity contribution in [2.45, 2.75) is 18.1 Å². The highest BCUT2D eigenvalue weighted by molar-refractivity contribution is 7.99. The summed E-state index contributed by atoms with van der Waals surface area (Å²) in [5.41, 5.74) is 0.900. The Kier molecular flexibility index (Phi) is 8.34. The Morgan fingerprint density at radius 1 is 1.16 bits per heavy atom.